The fourth-order valence-corrected chi connectivity index (χ4v) is 5.83. The molecule has 4 saturated carbocycles. The zero-order chi connectivity index (χ0) is 16.9. The van der Waals surface area contributed by atoms with Gasteiger partial charge in [-0.05, 0) is 67.8 Å². The Hall–Kier alpha value is -1.32. The molecular weight excluding hydrogens is 298 g/mol. The zero-order valence-corrected chi connectivity index (χ0v) is 15.3. The maximum Gasteiger partial charge on any atom is 0.226 e. The number of amides is 1. The maximum atomic E-state index is 13.3. The second kappa shape index (κ2) is 5.60. The van der Waals surface area contributed by atoms with Crippen LogP contribution in [-0.2, 0) is 11.3 Å². The van der Waals surface area contributed by atoms with Crippen molar-refractivity contribution in [1.29, 1.82) is 0 Å². The van der Waals surface area contributed by atoms with E-state index < -0.39 is 0 Å². The van der Waals surface area contributed by atoms with Gasteiger partial charge in [0.05, 0.1) is 12.6 Å². The van der Waals surface area contributed by atoms with Gasteiger partial charge in [0.25, 0.3) is 0 Å². The summed E-state index contributed by atoms with van der Waals surface area (Å²) in [5.74, 6) is 2.75. The van der Waals surface area contributed by atoms with Crippen molar-refractivity contribution in [3.05, 3.63) is 18.5 Å². The molecule has 1 amide bonds. The van der Waals surface area contributed by atoms with Gasteiger partial charge in [-0.25, -0.2) is 0 Å². The lowest BCUT2D eigenvalue weighted by Crippen LogP contribution is -2.57. The molecule has 0 spiro atoms. The van der Waals surface area contributed by atoms with Crippen LogP contribution in [0, 0.1) is 28.6 Å². The minimum atomic E-state index is -0.0671. The molecule has 24 heavy (non-hydrogen) atoms. The van der Waals surface area contributed by atoms with Crippen molar-refractivity contribution in [1.82, 2.24) is 15.1 Å². The van der Waals surface area contributed by atoms with Crippen LogP contribution in [0.1, 0.15) is 59.3 Å². The second-order valence-corrected chi connectivity index (χ2v) is 9.82. The number of carbonyl (C=O) groups excluding carboxylic acids is 1. The Bertz CT molecular complexity index is 564. The van der Waals surface area contributed by atoms with Crippen LogP contribution in [0.5, 0.6) is 0 Å². The summed E-state index contributed by atoms with van der Waals surface area (Å²) >= 11 is 0. The number of aromatic nitrogens is 2. The molecular formula is C20H31N3O. The fraction of sp³-hybridized carbons (Fsp3) is 0.800. The predicted octanol–water partition coefficient (Wildman–Crippen LogP) is 3.63. The summed E-state index contributed by atoms with van der Waals surface area (Å²) in [6.07, 6.45) is 11.3. The van der Waals surface area contributed by atoms with Crippen molar-refractivity contribution in [2.45, 2.75) is 71.9 Å². The number of hydrogen-bond acceptors (Lipinski definition) is 2. The molecule has 1 atom stereocenters. The number of hydrogen-bond donors (Lipinski definition) is 1. The summed E-state index contributed by atoms with van der Waals surface area (Å²) in [6.45, 7) is 7.37. The highest BCUT2D eigenvalue weighted by molar-refractivity contribution is 5.83. The van der Waals surface area contributed by atoms with E-state index in [1.807, 2.05) is 16.9 Å². The first-order valence-corrected chi connectivity index (χ1v) is 9.62. The van der Waals surface area contributed by atoms with E-state index in [1.54, 1.807) is 6.20 Å². The summed E-state index contributed by atoms with van der Waals surface area (Å²) in [5.41, 5.74) is -0.0493. The highest BCUT2D eigenvalue weighted by Crippen LogP contribution is 2.60. The minimum Gasteiger partial charge on any atom is -0.350 e. The van der Waals surface area contributed by atoms with E-state index in [9.17, 15) is 4.79 Å². The Balaban J connectivity index is 1.51. The second-order valence-electron chi connectivity index (χ2n) is 9.82. The molecule has 0 aliphatic heterocycles. The van der Waals surface area contributed by atoms with E-state index >= 15 is 0 Å². The van der Waals surface area contributed by atoms with Crippen LogP contribution in [0.2, 0.25) is 0 Å². The third kappa shape index (κ3) is 2.89. The monoisotopic (exact) mass is 329 g/mol. The number of nitrogens with one attached hydrogen (secondary N) is 1. The lowest BCUT2D eigenvalue weighted by atomic mass is 9.49. The molecule has 4 heteroatoms. The molecule has 4 fully saturated rings. The van der Waals surface area contributed by atoms with Gasteiger partial charge in [-0.1, -0.05) is 20.8 Å². The first-order valence-electron chi connectivity index (χ1n) is 9.62. The Morgan fingerprint density at radius 3 is 2.25 bits per heavy atom. The van der Waals surface area contributed by atoms with Crippen LogP contribution < -0.4 is 5.32 Å². The van der Waals surface area contributed by atoms with E-state index in [1.165, 1.54) is 19.3 Å². The normalized spacial score (nSPS) is 35.9. The van der Waals surface area contributed by atoms with Crippen LogP contribution in [0.15, 0.2) is 18.5 Å². The topological polar surface area (TPSA) is 46.9 Å². The quantitative estimate of drug-likeness (QED) is 0.917. The van der Waals surface area contributed by atoms with Gasteiger partial charge < -0.3 is 5.32 Å². The van der Waals surface area contributed by atoms with Gasteiger partial charge in [0.1, 0.15) is 0 Å². The van der Waals surface area contributed by atoms with E-state index in [4.69, 9.17) is 0 Å². The minimum absolute atomic E-state index is 0.0178. The van der Waals surface area contributed by atoms with Crippen molar-refractivity contribution in [3.8, 4) is 0 Å². The molecule has 132 valence electrons. The van der Waals surface area contributed by atoms with Crippen LogP contribution >= 0.6 is 0 Å². The molecule has 4 bridgehead atoms. The average Bonchev–Trinajstić information content (AvgIpc) is 2.97. The third-order valence-corrected chi connectivity index (χ3v) is 6.80. The zero-order valence-electron chi connectivity index (χ0n) is 15.3. The molecule has 5 rings (SSSR count). The van der Waals surface area contributed by atoms with Crippen LogP contribution in [0.4, 0.5) is 0 Å². The highest BCUT2D eigenvalue weighted by Gasteiger charge is 2.55. The Labute approximate surface area is 145 Å². The molecule has 1 aromatic rings. The molecule has 4 aliphatic carbocycles. The van der Waals surface area contributed by atoms with Crippen molar-refractivity contribution < 1.29 is 4.79 Å². The number of nitrogens with zero attached hydrogens (tertiary/aromatic N) is 2. The maximum absolute atomic E-state index is 13.3. The molecule has 0 aromatic carbocycles. The lowest BCUT2D eigenvalue weighted by molar-refractivity contribution is -0.148. The van der Waals surface area contributed by atoms with Crippen molar-refractivity contribution in [2.75, 3.05) is 0 Å². The average molecular weight is 329 g/mol. The molecule has 0 radical (unpaired) electrons. The van der Waals surface area contributed by atoms with Gasteiger partial charge in [0.2, 0.25) is 5.91 Å². The van der Waals surface area contributed by atoms with Gasteiger partial charge in [-0.15, -0.1) is 0 Å². The highest BCUT2D eigenvalue weighted by atomic mass is 16.2. The van der Waals surface area contributed by atoms with E-state index in [0.29, 0.717) is 5.91 Å². The molecule has 1 heterocycles. The third-order valence-electron chi connectivity index (χ3n) is 6.80. The fourth-order valence-electron chi connectivity index (χ4n) is 5.83. The molecule has 4 aliphatic rings. The Morgan fingerprint density at radius 1 is 1.21 bits per heavy atom. The van der Waals surface area contributed by atoms with Gasteiger partial charge in [-0.3, -0.25) is 9.48 Å². The lowest BCUT2D eigenvalue weighted by Gasteiger charge is -2.56. The molecule has 1 aromatic heterocycles. The first kappa shape index (κ1) is 16.2. The largest absolute Gasteiger partial charge is 0.350 e. The van der Waals surface area contributed by atoms with E-state index in [0.717, 1.165) is 43.6 Å². The van der Waals surface area contributed by atoms with Crippen molar-refractivity contribution in [2.24, 2.45) is 28.6 Å². The summed E-state index contributed by atoms with van der Waals surface area (Å²) in [6, 6.07) is 2.05. The summed E-state index contributed by atoms with van der Waals surface area (Å²) < 4.78 is 1.94. The summed E-state index contributed by atoms with van der Waals surface area (Å²) in [4.78, 5) is 13.3. The van der Waals surface area contributed by atoms with E-state index in [-0.39, 0.29) is 16.9 Å². The molecule has 1 unspecified atom stereocenters. The first-order chi connectivity index (χ1) is 11.3. The smallest absolute Gasteiger partial charge is 0.226 e. The van der Waals surface area contributed by atoms with Gasteiger partial charge in [0, 0.05) is 17.8 Å². The molecule has 1 N–H and O–H groups in total. The van der Waals surface area contributed by atoms with Crippen molar-refractivity contribution in [3.63, 3.8) is 0 Å². The van der Waals surface area contributed by atoms with Crippen LogP contribution in [0.3, 0.4) is 0 Å². The van der Waals surface area contributed by atoms with Gasteiger partial charge >= 0.3 is 0 Å². The number of rotatable bonds is 4. The van der Waals surface area contributed by atoms with Gasteiger partial charge in [0.15, 0.2) is 0 Å². The van der Waals surface area contributed by atoms with Crippen LogP contribution in [-0.4, -0.2) is 21.7 Å². The Kier molecular flexibility index (Phi) is 3.77. The SMILES string of the molecule is CC(C)(C)C(Cn1cccn1)NC(=O)C12CC3CC(CC(C3)C1)C2. The number of carbonyl (C=O) groups is 1. The molecule has 4 nitrogen and oxygen atoms in total. The van der Waals surface area contributed by atoms with Gasteiger partial charge in [-0.2, -0.15) is 5.10 Å². The Morgan fingerprint density at radius 2 is 1.79 bits per heavy atom. The van der Waals surface area contributed by atoms with Crippen LogP contribution in [0.25, 0.3) is 0 Å². The van der Waals surface area contributed by atoms with Crippen molar-refractivity contribution >= 4 is 5.91 Å². The van der Waals surface area contributed by atoms with E-state index in [2.05, 4.69) is 31.2 Å². The summed E-state index contributed by atoms with van der Waals surface area (Å²) in [5, 5.41) is 7.79. The standard InChI is InChI=1S/C20H31N3O/c1-19(2,3)17(13-23-6-4-5-21-23)22-18(24)20-10-14-7-15(11-20)9-16(8-14)12-20/h4-6,14-17H,7-13H2,1-3H3,(H,22,24). The summed E-state index contributed by atoms with van der Waals surface area (Å²) in [7, 11) is 0. The predicted molar refractivity (Wildman–Crippen MR) is 94.2 cm³/mol. The molecule has 0 saturated heterocycles.